The van der Waals surface area contributed by atoms with Crippen molar-refractivity contribution in [1.82, 2.24) is 0 Å². The summed E-state index contributed by atoms with van der Waals surface area (Å²) in [6.07, 6.45) is 81.9. The molecule has 5 atom stereocenters. The summed E-state index contributed by atoms with van der Waals surface area (Å²) in [5.74, 6) is -2.32. The highest BCUT2D eigenvalue weighted by Crippen LogP contribution is 2.45. The minimum atomic E-state index is -5.01. The quantitative estimate of drug-likeness (QED) is 0.0169. The van der Waals surface area contributed by atoms with E-state index < -0.39 is 97.5 Å². The summed E-state index contributed by atoms with van der Waals surface area (Å²) in [6, 6.07) is 0. The lowest BCUT2D eigenvalue weighted by Crippen LogP contribution is -2.30. The SMILES string of the molecule is CCCCC/C=C\C/C=C\C/C=C\C/C=C\CCCC(=O)OC[C@H](COP(=O)(O)OC[C@@H](O)COP(=O)(O)OC[C@@H](COC(=O)CCCCCCC/C=C\CCCCCCCC)OC(=O)CCCCCCC/C=C\CCCCCC)OC(=O)CCC/C=C\C/C=C\C/C=C\C/C=C\CCCCC. The van der Waals surface area contributed by atoms with Gasteiger partial charge in [-0.3, -0.25) is 37.3 Å². The first kappa shape index (κ1) is 97.5. The molecule has 0 aliphatic rings. The van der Waals surface area contributed by atoms with Crippen molar-refractivity contribution in [3.8, 4) is 0 Å². The van der Waals surface area contributed by atoms with Crippen molar-refractivity contribution in [2.24, 2.45) is 0 Å². The Morgan fingerprint density at radius 3 is 0.824 bits per heavy atom. The van der Waals surface area contributed by atoms with Gasteiger partial charge in [-0.05, 0) is 154 Å². The Balaban J connectivity index is 5.47. The lowest BCUT2D eigenvalue weighted by atomic mass is 10.1. The maximum absolute atomic E-state index is 13.1. The summed E-state index contributed by atoms with van der Waals surface area (Å²) in [5.41, 5.74) is 0. The van der Waals surface area contributed by atoms with E-state index in [1.807, 2.05) is 24.3 Å². The van der Waals surface area contributed by atoms with Crippen LogP contribution in [0.5, 0.6) is 0 Å². The van der Waals surface area contributed by atoms with E-state index in [4.69, 9.17) is 37.0 Å². The molecule has 0 aromatic carbocycles. The Morgan fingerprint density at radius 1 is 0.275 bits per heavy atom. The number of rotatable bonds is 74. The number of hydrogen-bond donors (Lipinski definition) is 3. The lowest BCUT2D eigenvalue weighted by Gasteiger charge is -2.21. The number of hydrogen-bond acceptors (Lipinski definition) is 15. The van der Waals surface area contributed by atoms with E-state index in [-0.39, 0.29) is 25.7 Å². The molecular weight excluding hydrogens is 1330 g/mol. The fourth-order valence-corrected chi connectivity index (χ4v) is 11.8. The zero-order chi connectivity index (χ0) is 74.6. The summed E-state index contributed by atoms with van der Waals surface area (Å²) in [6.45, 7) is 4.67. The van der Waals surface area contributed by atoms with Gasteiger partial charge < -0.3 is 33.8 Å². The number of phosphoric acid groups is 2. The Morgan fingerprint density at radius 2 is 0.490 bits per heavy atom. The Hall–Kier alpha value is -4.54. The maximum Gasteiger partial charge on any atom is 0.472 e. The van der Waals surface area contributed by atoms with Crippen LogP contribution >= 0.6 is 15.6 Å². The number of allylic oxidation sites excluding steroid dienone is 20. The van der Waals surface area contributed by atoms with Gasteiger partial charge in [-0.15, -0.1) is 0 Å². The van der Waals surface area contributed by atoms with Crippen LogP contribution in [-0.2, 0) is 65.4 Å². The van der Waals surface area contributed by atoms with Crippen LogP contribution in [-0.4, -0.2) is 96.7 Å². The van der Waals surface area contributed by atoms with Gasteiger partial charge in [0.2, 0.25) is 0 Å². The van der Waals surface area contributed by atoms with Crippen LogP contribution in [0.15, 0.2) is 122 Å². The first-order chi connectivity index (χ1) is 49.7. The molecule has 0 aliphatic carbocycles. The molecule has 0 aromatic rings. The molecule has 17 nitrogen and oxygen atoms in total. The van der Waals surface area contributed by atoms with Crippen LogP contribution in [0.2, 0.25) is 0 Å². The van der Waals surface area contributed by atoms with Gasteiger partial charge in [-0.2, -0.15) is 0 Å². The number of phosphoric ester groups is 2. The molecule has 0 bridgehead atoms. The second-order valence-electron chi connectivity index (χ2n) is 26.3. The average Bonchev–Trinajstić information content (AvgIpc) is 0.959. The van der Waals surface area contributed by atoms with Crippen molar-refractivity contribution in [2.45, 2.75) is 341 Å². The van der Waals surface area contributed by atoms with Gasteiger partial charge in [-0.25, -0.2) is 9.13 Å². The molecule has 0 radical (unpaired) electrons. The van der Waals surface area contributed by atoms with Gasteiger partial charge >= 0.3 is 39.5 Å². The van der Waals surface area contributed by atoms with Gasteiger partial charge in [0.1, 0.15) is 19.3 Å². The van der Waals surface area contributed by atoms with Crippen molar-refractivity contribution < 1.29 is 80.2 Å². The number of aliphatic hydroxyl groups excluding tert-OH is 1. The topological polar surface area (TPSA) is 237 Å². The second-order valence-corrected chi connectivity index (χ2v) is 29.2. The van der Waals surface area contributed by atoms with Crippen molar-refractivity contribution in [1.29, 1.82) is 0 Å². The molecule has 0 saturated carbocycles. The molecule has 0 fully saturated rings. The molecule has 102 heavy (non-hydrogen) atoms. The van der Waals surface area contributed by atoms with Crippen molar-refractivity contribution in [3.05, 3.63) is 122 Å². The molecule has 0 spiro atoms. The van der Waals surface area contributed by atoms with Crippen LogP contribution in [0.3, 0.4) is 0 Å². The van der Waals surface area contributed by atoms with Crippen LogP contribution < -0.4 is 0 Å². The van der Waals surface area contributed by atoms with Gasteiger partial charge in [-0.1, -0.05) is 265 Å². The average molecular weight is 1470 g/mol. The largest absolute Gasteiger partial charge is 0.472 e. The highest BCUT2D eigenvalue weighted by Gasteiger charge is 2.30. The third-order valence-electron chi connectivity index (χ3n) is 16.4. The first-order valence-corrected chi connectivity index (χ1v) is 42.8. The van der Waals surface area contributed by atoms with Crippen molar-refractivity contribution in [3.63, 3.8) is 0 Å². The van der Waals surface area contributed by atoms with E-state index >= 15 is 0 Å². The first-order valence-electron chi connectivity index (χ1n) is 39.8. The van der Waals surface area contributed by atoms with E-state index in [2.05, 4.69) is 125 Å². The third-order valence-corrected chi connectivity index (χ3v) is 18.3. The summed E-state index contributed by atoms with van der Waals surface area (Å²) >= 11 is 0. The fourth-order valence-electron chi connectivity index (χ4n) is 10.3. The molecule has 0 saturated heterocycles. The Bertz CT molecular complexity index is 2410. The standard InChI is InChI=1S/C83H142O17P2/c1-5-9-13-17-21-25-29-33-36-38-41-45-48-52-56-60-64-68-81(86)94-74-79(100-83(88)70-66-62-58-54-50-46-42-39-37-34-30-26-22-18-14-10-6-2)76-98-102(91,92)96-72-77(84)71-95-101(89,90)97-75-78(99-82(87)69-65-61-57-53-49-43-32-28-24-20-16-12-8-4)73-93-80(85)67-63-59-55-51-47-44-40-35-31-27-23-19-15-11-7-3/h21-22,25-26,28,32-37,40-42,45-46,52,54,56,58,77-79,84H,5-20,23-24,27,29-31,38-39,43-44,47-51,53,55,57,59-76H2,1-4H3,(H,89,90)(H,91,92)/b25-21-,26-22-,32-28-,36-33-,37-34-,40-35-,45-41-,46-42-,56-52-,58-54-/t77-,78+,79+/m0/s1. The zero-order valence-electron chi connectivity index (χ0n) is 64.0. The second kappa shape index (κ2) is 74.7. The molecular formula is C83H142O17P2. The van der Waals surface area contributed by atoms with E-state index in [0.29, 0.717) is 38.5 Å². The van der Waals surface area contributed by atoms with E-state index in [1.165, 1.54) is 103 Å². The van der Waals surface area contributed by atoms with Crippen LogP contribution in [0.25, 0.3) is 0 Å². The molecule has 0 aliphatic heterocycles. The highest BCUT2D eigenvalue weighted by atomic mass is 31.2. The Labute approximate surface area is 619 Å². The normalized spacial score (nSPS) is 14.5. The van der Waals surface area contributed by atoms with Crippen molar-refractivity contribution >= 4 is 39.5 Å². The molecule has 0 amide bonds. The minimum absolute atomic E-state index is 0.00505. The van der Waals surface area contributed by atoms with Crippen LogP contribution in [0, 0.1) is 0 Å². The maximum atomic E-state index is 13.1. The fraction of sp³-hybridized carbons (Fsp3) is 0.711. The number of carbonyl (C=O) groups is 4. The van der Waals surface area contributed by atoms with Gasteiger partial charge in [0.25, 0.3) is 0 Å². The van der Waals surface area contributed by atoms with Crippen LogP contribution in [0.1, 0.15) is 323 Å². The zero-order valence-corrected chi connectivity index (χ0v) is 65.8. The van der Waals surface area contributed by atoms with E-state index in [0.717, 1.165) is 128 Å². The minimum Gasteiger partial charge on any atom is -0.462 e. The highest BCUT2D eigenvalue weighted by molar-refractivity contribution is 7.47. The number of carbonyl (C=O) groups excluding carboxylic acids is 4. The number of ether oxygens (including phenoxy) is 4. The van der Waals surface area contributed by atoms with Gasteiger partial charge in [0, 0.05) is 25.7 Å². The van der Waals surface area contributed by atoms with E-state index in [1.54, 1.807) is 0 Å². The molecule has 0 aromatic heterocycles. The molecule has 0 rings (SSSR count). The van der Waals surface area contributed by atoms with E-state index in [9.17, 15) is 43.2 Å². The molecule has 586 valence electrons. The van der Waals surface area contributed by atoms with Gasteiger partial charge in [0.05, 0.1) is 26.4 Å². The molecule has 0 heterocycles. The molecule has 3 N–H and O–H groups in total. The Kier molecular flexibility index (Phi) is 71.4. The number of esters is 4. The van der Waals surface area contributed by atoms with Gasteiger partial charge in [0.15, 0.2) is 12.2 Å². The number of aliphatic hydroxyl groups is 1. The monoisotopic (exact) mass is 1470 g/mol. The smallest absolute Gasteiger partial charge is 0.462 e. The summed E-state index contributed by atoms with van der Waals surface area (Å²) in [4.78, 5) is 72.9. The van der Waals surface area contributed by atoms with Crippen molar-refractivity contribution in [2.75, 3.05) is 39.6 Å². The predicted molar refractivity (Wildman–Crippen MR) is 418 cm³/mol. The van der Waals surface area contributed by atoms with Crippen LogP contribution in [0.4, 0.5) is 0 Å². The summed E-state index contributed by atoms with van der Waals surface area (Å²) < 4.78 is 68.4. The predicted octanol–water partition coefficient (Wildman–Crippen LogP) is 23.1. The number of unbranched alkanes of at least 4 members (excludes halogenated alkanes) is 28. The third kappa shape index (κ3) is 73.8. The lowest BCUT2D eigenvalue weighted by molar-refractivity contribution is -0.161. The molecule has 2 unspecified atom stereocenters. The molecule has 19 heteroatoms. The summed E-state index contributed by atoms with van der Waals surface area (Å²) in [5, 5.41) is 10.6. The summed E-state index contributed by atoms with van der Waals surface area (Å²) in [7, 11) is -9.99.